The zero-order valence-electron chi connectivity index (χ0n) is 12.5. The van der Waals surface area contributed by atoms with Gasteiger partial charge in [-0.1, -0.05) is 35.0 Å². The van der Waals surface area contributed by atoms with Gasteiger partial charge in [-0.05, 0) is 26.3 Å². The topological polar surface area (TPSA) is 68.2 Å². The molecule has 0 saturated heterocycles. The Kier molecular flexibility index (Phi) is 4.57. The first-order valence-electron chi connectivity index (χ1n) is 6.83. The SMILES string of the molecule is CC(C)(C)OC(=O)Nc1c[n+](CCc2ccccc2)no1. The van der Waals surface area contributed by atoms with E-state index in [4.69, 9.17) is 9.26 Å². The van der Waals surface area contributed by atoms with E-state index < -0.39 is 11.7 Å². The predicted molar refractivity (Wildman–Crippen MR) is 76.7 cm³/mol. The van der Waals surface area contributed by atoms with Crippen LogP contribution in [-0.2, 0) is 17.7 Å². The molecule has 112 valence electrons. The van der Waals surface area contributed by atoms with E-state index in [1.165, 1.54) is 5.56 Å². The van der Waals surface area contributed by atoms with Crippen LogP contribution in [0.4, 0.5) is 10.7 Å². The fraction of sp³-hybridized carbons (Fsp3) is 0.400. The van der Waals surface area contributed by atoms with Crippen molar-refractivity contribution in [1.82, 2.24) is 5.27 Å². The van der Waals surface area contributed by atoms with Crippen LogP contribution in [-0.4, -0.2) is 17.0 Å². The van der Waals surface area contributed by atoms with Gasteiger partial charge in [-0.25, -0.2) is 4.79 Å². The highest BCUT2D eigenvalue weighted by Gasteiger charge is 2.19. The third-order valence-electron chi connectivity index (χ3n) is 2.61. The number of benzene rings is 1. The number of carbonyl (C=O) groups excluding carboxylic acids is 1. The molecule has 0 saturated carbocycles. The molecule has 6 heteroatoms. The number of carbonyl (C=O) groups is 1. The number of rotatable bonds is 4. The van der Waals surface area contributed by atoms with Gasteiger partial charge in [0.2, 0.25) is 5.27 Å². The molecule has 2 rings (SSSR count). The summed E-state index contributed by atoms with van der Waals surface area (Å²) < 4.78 is 11.8. The van der Waals surface area contributed by atoms with Crippen molar-refractivity contribution in [2.24, 2.45) is 0 Å². The Hall–Kier alpha value is -2.37. The fourth-order valence-corrected chi connectivity index (χ4v) is 1.73. The first-order chi connectivity index (χ1) is 9.92. The van der Waals surface area contributed by atoms with Crippen LogP contribution >= 0.6 is 0 Å². The van der Waals surface area contributed by atoms with Crippen molar-refractivity contribution in [3.63, 3.8) is 0 Å². The summed E-state index contributed by atoms with van der Waals surface area (Å²) >= 11 is 0. The lowest BCUT2D eigenvalue weighted by molar-refractivity contribution is -0.761. The highest BCUT2D eigenvalue weighted by Crippen LogP contribution is 2.09. The minimum Gasteiger partial charge on any atom is -0.444 e. The molecule has 0 spiro atoms. The van der Waals surface area contributed by atoms with Gasteiger partial charge in [0.25, 0.3) is 6.20 Å². The lowest BCUT2D eigenvalue weighted by Gasteiger charge is -2.18. The minimum absolute atomic E-state index is 0.261. The largest absolute Gasteiger partial charge is 0.444 e. The minimum atomic E-state index is -0.561. The molecule has 0 radical (unpaired) electrons. The molecule has 1 aromatic carbocycles. The number of hydrogen-bond donors (Lipinski definition) is 1. The van der Waals surface area contributed by atoms with Crippen molar-refractivity contribution in [3.8, 4) is 0 Å². The molecule has 1 N–H and O–H groups in total. The van der Waals surface area contributed by atoms with Crippen LogP contribution in [0.15, 0.2) is 41.1 Å². The van der Waals surface area contributed by atoms with E-state index in [-0.39, 0.29) is 5.88 Å². The van der Waals surface area contributed by atoms with Gasteiger partial charge in [0.05, 0.1) is 0 Å². The maximum Gasteiger partial charge on any atom is 0.414 e. The number of hydrogen-bond acceptors (Lipinski definition) is 4. The molecule has 1 heterocycles. The number of nitrogens with zero attached hydrogens (tertiary/aromatic N) is 2. The quantitative estimate of drug-likeness (QED) is 0.879. The summed E-state index contributed by atoms with van der Waals surface area (Å²) in [6, 6.07) is 10.1. The van der Waals surface area contributed by atoms with Crippen molar-refractivity contribution < 1.29 is 18.7 Å². The van der Waals surface area contributed by atoms with Crippen molar-refractivity contribution in [2.45, 2.75) is 39.3 Å². The van der Waals surface area contributed by atoms with E-state index in [1.807, 2.05) is 18.2 Å². The predicted octanol–water partition coefficient (Wildman–Crippen LogP) is 2.55. The Labute approximate surface area is 123 Å². The van der Waals surface area contributed by atoms with Crippen LogP contribution in [0.5, 0.6) is 0 Å². The molecule has 0 fully saturated rings. The highest BCUT2D eigenvalue weighted by molar-refractivity contribution is 5.82. The second-order valence-electron chi connectivity index (χ2n) is 5.69. The van der Waals surface area contributed by atoms with Gasteiger partial charge in [-0.3, -0.25) is 9.84 Å². The van der Waals surface area contributed by atoms with E-state index in [1.54, 1.807) is 31.6 Å². The fourth-order valence-electron chi connectivity index (χ4n) is 1.73. The van der Waals surface area contributed by atoms with Gasteiger partial charge < -0.3 is 4.74 Å². The Bertz CT molecular complexity index is 588. The molecule has 1 amide bonds. The van der Waals surface area contributed by atoms with Gasteiger partial charge in [0.15, 0.2) is 6.54 Å². The van der Waals surface area contributed by atoms with Crippen molar-refractivity contribution in [1.29, 1.82) is 0 Å². The standard InChI is InChI=1S/C15H19N3O3/c1-15(2,3)20-14(19)16-13-11-18(17-21-13)10-9-12-7-5-4-6-8-12/h4-8,11H,9-10H2,1-3H3/p+1. The smallest absolute Gasteiger partial charge is 0.414 e. The molecule has 6 nitrogen and oxygen atoms in total. The van der Waals surface area contributed by atoms with Crippen LogP contribution in [0.2, 0.25) is 0 Å². The van der Waals surface area contributed by atoms with Gasteiger partial charge in [-0.15, -0.1) is 0 Å². The lowest BCUT2D eigenvalue weighted by Crippen LogP contribution is -2.35. The monoisotopic (exact) mass is 290 g/mol. The number of anilines is 1. The highest BCUT2D eigenvalue weighted by atomic mass is 16.6. The Morgan fingerprint density at radius 3 is 2.71 bits per heavy atom. The molecule has 1 aromatic heterocycles. The van der Waals surface area contributed by atoms with Crippen LogP contribution in [0.3, 0.4) is 0 Å². The summed E-state index contributed by atoms with van der Waals surface area (Å²) in [5.74, 6) is 0.261. The zero-order valence-corrected chi connectivity index (χ0v) is 12.5. The first-order valence-corrected chi connectivity index (χ1v) is 6.83. The van der Waals surface area contributed by atoms with Crippen molar-refractivity contribution in [3.05, 3.63) is 42.1 Å². The summed E-state index contributed by atoms with van der Waals surface area (Å²) in [6.45, 7) is 6.07. The molecular weight excluding hydrogens is 270 g/mol. The molecule has 0 atom stereocenters. The maximum absolute atomic E-state index is 11.6. The molecular formula is C15H20N3O3+. The lowest BCUT2D eigenvalue weighted by atomic mass is 10.1. The van der Waals surface area contributed by atoms with E-state index in [2.05, 4.69) is 22.7 Å². The van der Waals surface area contributed by atoms with Gasteiger partial charge >= 0.3 is 12.0 Å². The number of nitrogens with one attached hydrogen (secondary N) is 1. The van der Waals surface area contributed by atoms with E-state index >= 15 is 0 Å². The first kappa shape index (κ1) is 15.0. The number of aromatic nitrogens is 2. The van der Waals surface area contributed by atoms with Crippen LogP contribution in [0.1, 0.15) is 26.3 Å². The third-order valence-corrected chi connectivity index (χ3v) is 2.61. The Balaban J connectivity index is 1.85. The molecule has 0 aliphatic heterocycles. The summed E-state index contributed by atoms with van der Waals surface area (Å²) in [6.07, 6.45) is 1.91. The number of aryl methyl sites for hydroxylation is 2. The maximum atomic E-state index is 11.6. The molecule has 0 aliphatic rings. The number of amides is 1. The molecule has 0 bridgehead atoms. The number of ether oxygens (including phenoxy) is 1. The molecule has 0 unspecified atom stereocenters. The van der Waals surface area contributed by atoms with Crippen LogP contribution < -0.4 is 10.00 Å². The molecule has 2 aromatic rings. The summed E-state index contributed by atoms with van der Waals surface area (Å²) in [5.41, 5.74) is 0.669. The van der Waals surface area contributed by atoms with E-state index in [0.29, 0.717) is 6.54 Å². The van der Waals surface area contributed by atoms with E-state index in [9.17, 15) is 4.79 Å². The second-order valence-corrected chi connectivity index (χ2v) is 5.69. The summed E-state index contributed by atoms with van der Waals surface area (Å²) in [7, 11) is 0. The molecule has 0 aliphatic carbocycles. The summed E-state index contributed by atoms with van der Waals surface area (Å²) in [5, 5.41) is 6.36. The van der Waals surface area contributed by atoms with E-state index in [0.717, 1.165) is 6.42 Å². The van der Waals surface area contributed by atoms with Crippen LogP contribution in [0, 0.1) is 0 Å². The average Bonchev–Trinajstić information content (AvgIpc) is 2.83. The second kappa shape index (κ2) is 6.39. The summed E-state index contributed by atoms with van der Waals surface area (Å²) in [4.78, 5) is 11.6. The zero-order chi connectivity index (χ0) is 15.3. The van der Waals surface area contributed by atoms with Crippen LogP contribution in [0.25, 0.3) is 0 Å². The third kappa shape index (κ3) is 5.25. The van der Waals surface area contributed by atoms with Crippen molar-refractivity contribution >= 4 is 12.0 Å². The average molecular weight is 290 g/mol. The molecule has 21 heavy (non-hydrogen) atoms. The van der Waals surface area contributed by atoms with Gasteiger partial charge in [0.1, 0.15) is 5.60 Å². The normalized spacial score (nSPS) is 11.2. The van der Waals surface area contributed by atoms with Crippen molar-refractivity contribution in [2.75, 3.05) is 5.32 Å². The Morgan fingerprint density at radius 1 is 1.33 bits per heavy atom. The van der Waals surface area contributed by atoms with Gasteiger partial charge in [-0.2, -0.15) is 0 Å². The van der Waals surface area contributed by atoms with Gasteiger partial charge in [0, 0.05) is 6.42 Å². The Morgan fingerprint density at radius 2 is 2.05 bits per heavy atom.